The number of nitrogens with zero attached hydrogens (tertiary/aromatic N) is 3. The molecule has 6 heteroatoms. The summed E-state index contributed by atoms with van der Waals surface area (Å²) in [4.78, 5) is 17.1. The van der Waals surface area contributed by atoms with Crippen LogP contribution in [0.15, 0.2) is 18.2 Å². The van der Waals surface area contributed by atoms with Crippen LogP contribution in [0.5, 0.6) is 0 Å². The van der Waals surface area contributed by atoms with Crippen LogP contribution in [0.3, 0.4) is 0 Å². The molecule has 3 heterocycles. The smallest absolute Gasteiger partial charge is 0.226 e. The third-order valence-electron chi connectivity index (χ3n) is 6.08. The Hall–Kier alpha value is -2.13. The number of likely N-dealkylation sites (tertiary alicyclic amines) is 1. The molecule has 0 bridgehead atoms. The standard InChI is InChI=1S/C20H24FN3O2/c21-17-10-14(11-22)3-4-18(17)23-8-5-15(6-9-23)20(25)24-7-1-2-16-12-26-13-19(16)24/h3-4,10,15-16,19H,1-2,5-9,12-13H2/t16-,19+/m0/s1. The topological polar surface area (TPSA) is 56.6 Å². The molecule has 1 aromatic carbocycles. The molecule has 138 valence electrons. The largest absolute Gasteiger partial charge is 0.379 e. The van der Waals surface area contributed by atoms with Gasteiger partial charge in [0.1, 0.15) is 5.82 Å². The van der Waals surface area contributed by atoms with Crippen molar-refractivity contribution in [1.82, 2.24) is 4.90 Å². The summed E-state index contributed by atoms with van der Waals surface area (Å²) in [6, 6.07) is 6.80. The zero-order valence-corrected chi connectivity index (χ0v) is 14.9. The van der Waals surface area contributed by atoms with Crippen LogP contribution >= 0.6 is 0 Å². The molecule has 0 saturated carbocycles. The molecule has 3 fully saturated rings. The Kier molecular flexibility index (Phi) is 4.82. The average Bonchev–Trinajstić information content (AvgIpc) is 3.16. The van der Waals surface area contributed by atoms with Gasteiger partial charge in [0.2, 0.25) is 5.91 Å². The molecule has 0 aliphatic carbocycles. The van der Waals surface area contributed by atoms with Crippen molar-refractivity contribution >= 4 is 11.6 Å². The van der Waals surface area contributed by atoms with E-state index in [1.54, 1.807) is 12.1 Å². The van der Waals surface area contributed by atoms with Crippen molar-refractivity contribution in [2.45, 2.75) is 31.7 Å². The van der Waals surface area contributed by atoms with Crippen molar-refractivity contribution in [2.24, 2.45) is 11.8 Å². The van der Waals surface area contributed by atoms with E-state index in [4.69, 9.17) is 10.00 Å². The van der Waals surface area contributed by atoms with E-state index in [0.717, 1.165) is 38.8 Å². The highest BCUT2D eigenvalue weighted by Crippen LogP contribution is 2.32. The first kappa shape index (κ1) is 17.3. The van der Waals surface area contributed by atoms with Crippen molar-refractivity contribution in [3.8, 4) is 6.07 Å². The zero-order valence-electron chi connectivity index (χ0n) is 14.9. The van der Waals surface area contributed by atoms with E-state index in [9.17, 15) is 9.18 Å². The van der Waals surface area contributed by atoms with Gasteiger partial charge in [-0.25, -0.2) is 4.39 Å². The highest BCUT2D eigenvalue weighted by atomic mass is 19.1. The van der Waals surface area contributed by atoms with E-state index in [0.29, 0.717) is 36.9 Å². The minimum Gasteiger partial charge on any atom is -0.379 e. The predicted molar refractivity (Wildman–Crippen MR) is 95.1 cm³/mol. The SMILES string of the molecule is N#Cc1ccc(N2CCC(C(=O)N3CCC[C@H]4COC[C@H]43)CC2)c(F)c1. The van der Waals surface area contributed by atoms with Gasteiger partial charge in [0, 0.05) is 31.5 Å². The van der Waals surface area contributed by atoms with Crippen LogP contribution in [0.2, 0.25) is 0 Å². The molecule has 0 unspecified atom stereocenters. The number of benzene rings is 1. The summed E-state index contributed by atoms with van der Waals surface area (Å²) in [5.41, 5.74) is 0.854. The maximum atomic E-state index is 14.2. The Morgan fingerprint density at radius 2 is 2.00 bits per heavy atom. The number of anilines is 1. The van der Waals surface area contributed by atoms with Gasteiger partial charge in [-0.2, -0.15) is 5.26 Å². The number of hydrogen-bond donors (Lipinski definition) is 0. The predicted octanol–water partition coefficient (Wildman–Crippen LogP) is 2.55. The maximum Gasteiger partial charge on any atom is 0.226 e. The Labute approximate surface area is 153 Å². The summed E-state index contributed by atoms with van der Waals surface area (Å²) in [6.45, 7) is 3.62. The number of piperidine rings is 2. The van der Waals surface area contributed by atoms with Gasteiger partial charge in [0.05, 0.1) is 36.6 Å². The number of hydrogen-bond acceptors (Lipinski definition) is 4. The molecule has 5 nitrogen and oxygen atoms in total. The lowest BCUT2D eigenvalue weighted by Gasteiger charge is -2.40. The molecule has 1 amide bonds. The first-order chi connectivity index (χ1) is 12.7. The quantitative estimate of drug-likeness (QED) is 0.816. The minimum absolute atomic E-state index is 0.0204. The van der Waals surface area contributed by atoms with Crippen molar-refractivity contribution in [2.75, 3.05) is 37.7 Å². The van der Waals surface area contributed by atoms with Crippen LogP contribution in [-0.2, 0) is 9.53 Å². The van der Waals surface area contributed by atoms with Gasteiger partial charge in [-0.3, -0.25) is 4.79 Å². The molecular weight excluding hydrogens is 333 g/mol. The number of halogens is 1. The summed E-state index contributed by atoms with van der Waals surface area (Å²) >= 11 is 0. The van der Waals surface area contributed by atoms with Gasteiger partial charge in [-0.05, 0) is 43.9 Å². The van der Waals surface area contributed by atoms with Gasteiger partial charge in [0.25, 0.3) is 0 Å². The van der Waals surface area contributed by atoms with Gasteiger partial charge in [0.15, 0.2) is 0 Å². The fourth-order valence-electron chi connectivity index (χ4n) is 4.61. The molecule has 0 aromatic heterocycles. The number of carbonyl (C=O) groups excluding carboxylic acids is 1. The van der Waals surface area contributed by atoms with Crippen LogP contribution in [0.1, 0.15) is 31.2 Å². The Morgan fingerprint density at radius 3 is 2.73 bits per heavy atom. The fourth-order valence-corrected chi connectivity index (χ4v) is 4.61. The van der Waals surface area contributed by atoms with Gasteiger partial charge in [-0.1, -0.05) is 0 Å². The fraction of sp³-hybridized carbons (Fsp3) is 0.600. The van der Waals surface area contributed by atoms with Crippen LogP contribution < -0.4 is 4.90 Å². The zero-order chi connectivity index (χ0) is 18.1. The second-order valence-corrected chi connectivity index (χ2v) is 7.58. The summed E-state index contributed by atoms with van der Waals surface area (Å²) in [5.74, 6) is 0.411. The van der Waals surface area contributed by atoms with E-state index >= 15 is 0 Å². The number of rotatable bonds is 2. The molecule has 3 aliphatic heterocycles. The molecule has 0 radical (unpaired) electrons. The van der Waals surface area contributed by atoms with Gasteiger partial charge >= 0.3 is 0 Å². The molecule has 3 aliphatic rings. The van der Waals surface area contributed by atoms with Crippen molar-refractivity contribution in [3.05, 3.63) is 29.6 Å². The van der Waals surface area contributed by atoms with Gasteiger partial charge in [-0.15, -0.1) is 0 Å². The molecule has 1 aromatic rings. The van der Waals surface area contributed by atoms with E-state index in [2.05, 4.69) is 4.90 Å². The van der Waals surface area contributed by atoms with Crippen molar-refractivity contribution < 1.29 is 13.9 Å². The van der Waals surface area contributed by atoms with E-state index < -0.39 is 0 Å². The number of ether oxygens (including phenoxy) is 1. The maximum absolute atomic E-state index is 14.2. The Balaban J connectivity index is 1.39. The van der Waals surface area contributed by atoms with Gasteiger partial charge < -0.3 is 14.5 Å². The van der Waals surface area contributed by atoms with E-state index in [-0.39, 0.29) is 23.7 Å². The van der Waals surface area contributed by atoms with E-state index in [1.165, 1.54) is 6.07 Å². The number of nitriles is 1. The van der Waals surface area contributed by atoms with Crippen LogP contribution in [0.4, 0.5) is 10.1 Å². The van der Waals surface area contributed by atoms with Crippen LogP contribution in [0, 0.1) is 29.0 Å². The minimum atomic E-state index is -0.365. The van der Waals surface area contributed by atoms with Crippen molar-refractivity contribution in [3.63, 3.8) is 0 Å². The highest BCUT2D eigenvalue weighted by molar-refractivity contribution is 5.79. The molecule has 4 rings (SSSR count). The normalized spacial score (nSPS) is 26.5. The first-order valence-corrected chi connectivity index (χ1v) is 9.50. The van der Waals surface area contributed by atoms with E-state index in [1.807, 2.05) is 11.0 Å². The van der Waals surface area contributed by atoms with Crippen LogP contribution in [0.25, 0.3) is 0 Å². The second kappa shape index (κ2) is 7.24. The molecule has 0 N–H and O–H groups in total. The summed E-state index contributed by atoms with van der Waals surface area (Å²) in [5, 5.41) is 8.87. The lowest BCUT2D eigenvalue weighted by molar-refractivity contribution is -0.140. The van der Waals surface area contributed by atoms with Crippen molar-refractivity contribution in [1.29, 1.82) is 5.26 Å². The molecule has 3 saturated heterocycles. The monoisotopic (exact) mass is 357 g/mol. The number of carbonyl (C=O) groups is 1. The Bertz CT molecular complexity index is 724. The molecule has 2 atom stereocenters. The third-order valence-corrected chi connectivity index (χ3v) is 6.08. The van der Waals surface area contributed by atoms with Crippen LogP contribution in [-0.4, -0.2) is 49.7 Å². The average molecular weight is 357 g/mol. The summed E-state index contributed by atoms with van der Waals surface area (Å²) < 4.78 is 19.8. The lowest BCUT2D eigenvalue weighted by Crippen LogP contribution is -2.51. The molecule has 0 spiro atoms. The second-order valence-electron chi connectivity index (χ2n) is 7.58. The number of amides is 1. The Morgan fingerprint density at radius 1 is 1.19 bits per heavy atom. The molecular formula is C20H24FN3O2. The number of fused-ring (bicyclic) bond motifs is 1. The lowest BCUT2D eigenvalue weighted by atomic mass is 9.88. The molecule has 26 heavy (non-hydrogen) atoms. The summed E-state index contributed by atoms with van der Waals surface area (Å²) in [7, 11) is 0. The first-order valence-electron chi connectivity index (χ1n) is 9.50. The third kappa shape index (κ3) is 3.16. The highest BCUT2D eigenvalue weighted by Gasteiger charge is 2.40. The summed E-state index contributed by atoms with van der Waals surface area (Å²) in [6.07, 6.45) is 3.70.